The van der Waals surface area contributed by atoms with Gasteiger partial charge in [-0.3, -0.25) is 9.59 Å². The predicted octanol–water partition coefficient (Wildman–Crippen LogP) is 4.26. The van der Waals surface area contributed by atoms with E-state index in [0.717, 1.165) is 38.9 Å². The second-order valence-corrected chi connectivity index (χ2v) is 8.27. The van der Waals surface area contributed by atoms with E-state index >= 15 is 0 Å². The van der Waals surface area contributed by atoms with Crippen molar-refractivity contribution in [2.45, 2.75) is 70.8 Å². The number of likely N-dealkylation sites (tertiary alicyclic amines) is 1. The number of Topliss-reactive ketones (excluding diaryl/α,β-unsaturated/α-hetero) is 1. The van der Waals surface area contributed by atoms with Crippen molar-refractivity contribution in [3.8, 4) is 11.5 Å². The summed E-state index contributed by atoms with van der Waals surface area (Å²) in [6.45, 7) is 5.08. The Morgan fingerprint density at radius 2 is 1.87 bits per heavy atom. The lowest BCUT2D eigenvalue weighted by Gasteiger charge is -2.29. The number of carbonyl (C=O) groups is 2. The number of nitrogens with zero attached hydrogens (tertiary/aromatic N) is 2. The van der Waals surface area contributed by atoms with Crippen LogP contribution in [0.25, 0.3) is 0 Å². The van der Waals surface area contributed by atoms with Gasteiger partial charge in [-0.2, -0.15) is 0 Å². The molecule has 0 spiro atoms. The van der Waals surface area contributed by atoms with Crippen molar-refractivity contribution in [3.05, 3.63) is 23.8 Å². The van der Waals surface area contributed by atoms with Crippen LogP contribution in [0.1, 0.15) is 75.1 Å². The molecule has 1 heterocycles. The molecule has 0 bridgehead atoms. The van der Waals surface area contributed by atoms with Gasteiger partial charge in [0.2, 0.25) is 5.91 Å². The Balaban J connectivity index is 2.07. The lowest BCUT2D eigenvalue weighted by molar-refractivity contribution is -0.131. The van der Waals surface area contributed by atoms with Crippen LogP contribution >= 0.6 is 0 Å². The fourth-order valence-corrected chi connectivity index (χ4v) is 4.08. The van der Waals surface area contributed by atoms with Crippen LogP contribution in [0, 0.1) is 0 Å². The number of ketones is 1. The largest absolute Gasteiger partial charge is 0.504 e. The fraction of sp³-hybridized carbons (Fsp3) is 0.667. The molecule has 1 amide bonds. The molecule has 1 saturated heterocycles. The highest BCUT2D eigenvalue weighted by Crippen LogP contribution is 2.27. The maximum Gasteiger partial charge on any atom is 0.222 e. The first-order valence-electron chi connectivity index (χ1n) is 11.4. The molecule has 2 rings (SSSR count). The molecule has 1 aliphatic heterocycles. The minimum absolute atomic E-state index is 0.0176. The van der Waals surface area contributed by atoms with E-state index in [9.17, 15) is 14.7 Å². The topological polar surface area (TPSA) is 70.1 Å². The molecule has 6 heteroatoms. The molecule has 1 fully saturated rings. The summed E-state index contributed by atoms with van der Waals surface area (Å²) in [6.07, 6.45) is 8.89. The Labute approximate surface area is 181 Å². The number of likely N-dealkylation sites (N-methyl/N-ethyl adjacent to an activating group) is 1. The number of phenols is 1. The molecule has 1 aliphatic rings. The molecule has 0 aromatic heterocycles. The summed E-state index contributed by atoms with van der Waals surface area (Å²) < 4.78 is 5.08. The van der Waals surface area contributed by atoms with Crippen molar-refractivity contribution in [1.29, 1.82) is 0 Å². The monoisotopic (exact) mass is 418 g/mol. The van der Waals surface area contributed by atoms with Gasteiger partial charge in [0.25, 0.3) is 0 Å². The minimum Gasteiger partial charge on any atom is -0.504 e. The summed E-state index contributed by atoms with van der Waals surface area (Å²) in [6, 6.07) is 4.16. The van der Waals surface area contributed by atoms with Gasteiger partial charge < -0.3 is 19.6 Å². The number of amides is 1. The number of unbranched alkanes of at least 4 members (excludes halogenated alkanes) is 4. The van der Waals surface area contributed by atoms with Crippen LogP contribution in [0.5, 0.6) is 11.5 Å². The zero-order valence-electron chi connectivity index (χ0n) is 18.9. The summed E-state index contributed by atoms with van der Waals surface area (Å²) >= 11 is 0. The highest BCUT2D eigenvalue weighted by molar-refractivity contribution is 6.02. The third kappa shape index (κ3) is 7.01. The molecule has 0 aliphatic carbocycles. The Hall–Kier alpha value is -2.08. The van der Waals surface area contributed by atoms with Crippen molar-refractivity contribution in [2.24, 2.45) is 0 Å². The van der Waals surface area contributed by atoms with Crippen molar-refractivity contribution in [2.75, 3.05) is 33.8 Å². The summed E-state index contributed by atoms with van der Waals surface area (Å²) in [5.41, 5.74) is 0.405. The summed E-state index contributed by atoms with van der Waals surface area (Å²) in [7, 11) is 3.21. The van der Waals surface area contributed by atoms with Crippen LogP contribution < -0.4 is 4.74 Å². The van der Waals surface area contributed by atoms with E-state index in [1.54, 1.807) is 24.1 Å². The summed E-state index contributed by atoms with van der Waals surface area (Å²) in [4.78, 5) is 30.1. The van der Waals surface area contributed by atoms with Gasteiger partial charge in [0.05, 0.1) is 13.2 Å². The standard InChI is InChI=1S/C24H38N2O4/c1-4-5-6-7-8-11-23(28)25(2)20(14-17-26-15-9-10-16-26)24(29)19-12-13-22(30-3)21(27)18-19/h12-13,18,20,27H,4-11,14-17H2,1-3H3. The van der Waals surface area contributed by atoms with Crippen molar-refractivity contribution < 1.29 is 19.4 Å². The molecule has 1 N–H and O–H groups in total. The average Bonchev–Trinajstić information content (AvgIpc) is 3.26. The Morgan fingerprint density at radius 3 is 2.50 bits per heavy atom. The number of methoxy groups -OCH3 is 1. The molecule has 6 nitrogen and oxygen atoms in total. The molecule has 1 aromatic rings. The first-order valence-corrected chi connectivity index (χ1v) is 11.4. The van der Waals surface area contributed by atoms with Crippen molar-refractivity contribution in [3.63, 3.8) is 0 Å². The molecule has 1 atom stereocenters. The van der Waals surface area contributed by atoms with Gasteiger partial charge in [0.15, 0.2) is 17.3 Å². The van der Waals surface area contributed by atoms with Gasteiger partial charge in [0, 0.05) is 25.6 Å². The molecule has 1 aromatic carbocycles. The van der Waals surface area contributed by atoms with E-state index in [4.69, 9.17) is 4.74 Å². The number of hydrogen-bond acceptors (Lipinski definition) is 5. The van der Waals surface area contributed by atoms with Crippen molar-refractivity contribution >= 4 is 11.7 Å². The number of ether oxygens (including phenoxy) is 1. The molecule has 0 radical (unpaired) electrons. The lowest BCUT2D eigenvalue weighted by atomic mass is 9.99. The maximum absolute atomic E-state index is 13.3. The normalized spacial score (nSPS) is 15.2. The van der Waals surface area contributed by atoms with Crippen molar-refractivity contribution in [1.82, 2.24) is 9.80 Å². The lowest BCUT2D eigenvalue weighted by Crippen LogP contribution is -2.44. The zero-order valence-corrected chi connectivity index (χ0v) is 18.9. The first kappa shape index (κ1) is 24.2. The van der Waals surface area contributed by atoms with E-state index in [-0.39, 0.29) is 17.4 Å². The third-order valence-corrected chi connectivity index (χ3v) is 6.04. The minimum atomic E-state index is -0.526. The Morgan fingerprint density at radius 1 is 1.17 bits per heavy atom. The predicted molar refractivity (Wildman–Crippen MR) is 119 cm³/mol. The van der Waals surface area contributed by atoms with Crippen LogP contribution in [0.3, 0.4) is 0 Å². The highest BCUT2D eigenvalue weighted by atomic mass is 16.5. The second kappa shape index (κ2) is 12.6. The molecular weight excluding hydrogens is 380 g/mol. The number of aromatic hydroxyl groups is 1. The summed E-state index contributed by atoms with van der Waals surface area (Å²) in [5.74, 6) is 0.154. The van der Waals surface area contributed by atoms with Gasteiger partial charge in [-0.1, -0.05) is 32.6 Å². The van der Waals surface area contributed by atoms with Crippen LogP contribution in [-0.4, -0.2) is 66.4 Å². The van der Waals surface area contributed by atoms with Gasteiger partial charge in [0.1, 0.15) is 0 Å². The smallest absolute Gasteiger partial charge is 0.222 e. The van der Waals surface area contributed by atoms with Gasteiger partial charge >= 0.3 is 0 Å². The number of carbonyl (C=O) groups excluding carboxylic acids is 2. The van der Waals surface area contributed by atoms with Crippen LogP contribution in [0.2, 0.25) is 0 Å². The molecular formula is C24H38N2O4. The number of hydrogen-bond donors (Lipinski definition) is 1. The molecule has 168 valence electrons. The third-order valence-electron chi connectivity index (χ3n) is 6.04. The van der Waals surface area contributed by atoms with Crippen LogP contribution in [-0.2, 0) is 4.79 Å². The molecule has 0 saturated carbocycles. The van der Waals surface area contributed by atoms with E-state index in [0.29, 0.717) is 24.2 Å². The molecule has 1 unspecified atom stereocenters. The first-order chi connectivity index (χ1) is 14.5. The van der Waals surface area contributed by atoms with E-state index in [1.807, 2.05) is 0 Å². The number of phenolic OH excluding ortho intramolecular Hbond substituents is 1. The van der Waals surface area contributed by atoms with Crippen LogP contribution in [0.4, 0.5) is 0 Å². The van der Waals surface area contributed by atoms with E-state index < -0.39 is 6.04 Å². The number of rotatable bonds is 13. The van der Waals surface area contributed by atoms with Gasteiger partial charge in [-0.05, 0) is 57.0 Å². The molecule has 30 heavy (non-hydrogen) atoms. The fourth-order valence-electron chi connectivity index (χ4n) is 4.08. The van der Waals surface area contributed by atoms with Gasteiger partial charge in [-0.25, -0.2) is 0 Å². The highest BCUT2D eigenvalue weighted by Gasteiger charge is 2.29. The average molecular weight is 419 g/mol. The van der Waals surface area contributed by atoms with Crippen LogP contribution in [0.15, 0.2) is 18.2 Å². The van der Waals surface area contributed by atoms with Gasteiger partial charge in [-0.15, -0.1) is 0 Å². The zero-order chi connectivity index (χ0) is 21.9. The Kier molecular flexibility index (Phi) is 10.1. The van der Waals surface area contributed by atoms with E-state index in [2.05, 4.69) is 11.8 Å². The SMILES string of the molecule is CCCCCCCC(=O)N(C)C(CCN1CCCC1)C(=O)c1ccc(OC)c(O)c1. The Bertz CT molecular complexity index is 686. The quantitative estimate of drug-likeness (QED) is 0.383. The number of benzene rings is 1. The second-order valence-electron chi connectivity index (χ2n) is 8.27. The van der Waals surface area contributed by atoms with E-state index in [1.165, 1.54) is 38.9 Å². The maximum atomic E-state index is 13.3. The summed E-state index contributed by atoms with van der Waals surface area (Å²) in [5, 5.41) is 10.1.